The second kappa shape index (κ2) is 7.91. The zero-order valence-electron chi connectivity index (χ0n) is 15.3. The van der Waals surface area contributed by atoms with Crippen molar-refractivity contribution in [1.82, 2.24) is 0 Å². The van der Waals surface area contributed by atoms with Gasteiger partial charge in [0.15, 0.2) is 0 Å². The third kappa shape index (κ3) is 5.49. The summed E-state index contributed by atoms with van der Waals surface area (Å²) in [5.74, 6) is 0.845. The Labute approximate surface area is 150 Å². The number of unbranched alkanes of at least 4 members (excludes halogenated alkanes) is 1. The molecule has 0 amide bonds. The summed E-state index contributed by atoms with van der Waals surface area (Å²) in [5, 5.41) is 0. The van der Waals surface area contributed by atoms with E-state index in [-0.39, 0.29) is 16.1 Å². The summed E-state index contributed by atoms with van der Waals surface area (Å²) in [6.07, 6.45) is 1.98. The van der Waals surface area contributed by atoms with Gasteiger partial charge in [-0.25, -0.2) is 0 Å². The van der Waals surface area contributed by atoms with Crippen molar-refractivity contribution >= 4 is 10.1 Å². The Morgan fingerprint density at radius 1 is 0.960 bits per heavy atom. The molecule has 0 unspecified atom stereocenters. The summed E-state index contributed by atoms with van der Waals surface area (Å²) in [5.41, 5.74) is 1.03. The van der Waals surface area contributed by atoms with Gasteiger partial charge in [-0.3, -0.25) is 0 Å². The van der Waals surface area contributed by atoms with Gasteiger partial charge in [0.25, 0.3) is 0 Å². The maximum Gasteiger partial charge on any atom is 0.339 e. The molecule has 136 valence electrons. The van der Waals surface area contributed by atoms with E-state index in [2.05, 4.69) is 27.7 Å². The van der Waals surface area contributed by atoms with Crippen LogP contribution < -0.4 is 8.92 Å². The fourth-order valence-electron chi connectivity index (χ4n) is 2.25. The van der Waals surface area contributed by atoms with Crippen LogP contribution in [-0.4, -0.2) is 15.0 Å². The minimum atomic E-state index is -3.87. The van der Waals surface area contributed by atoms with Crippen molar-refractivity contribution in [1.29, 1.82) is 0 Å². The molecule has 0 spiro atoms. The van der Waals surface area contributed by atoms with Crippen molar-refractivity contribution in [2.24, 2.45) is 0 Å². The van der Waals surface area contributed by atoms with Crippen molar-refractivity contribution in [2.75, 3.05) is 6.61 Å². The smallest absolute Gasteiger partial charge is 0.339 e. The molecule has 0 bridgehead atoms. The summed E-state index contributed by atoms with van der Waals surface area (Å²) >= 11 is 0. The molecular formula is C20H26O4S. The normalized spacial score (nSPS) is 12.0. The van der Waals surface area contributed by atoms with Gasteiger partial charge >= 0.3 is 10.1 Å². The van der Waals surface area contributed by atoms with Crippen LogP contribution in [0.15, 0.2) is 53.4 Å². The summed E-state index contributed by atoms with van der Waals surface area (Å²) in [6, 6.07) is 13.5. The molecule has 0 saturated carbocycles. The van der Waals surface area contributed by atoms with Crippen molar-refractivity contribution in [3.8, 4) is 11.5 Å². The van der Waals surface area contributed by atoms with Crippen LogP contribution in [0.5, 0.6) is 11.5 Å². The number of hydrogen-bond donors (Lipinski definition) is 0. The van der Waals surface area contributed by atoms with E-state index >= 15 is 0 Å². The fraction of sp³-hybridized carbons (Fsp3) is 0.400. The number of rotatable bonds is 7. The predicted octanol–water partition coefficient (Wildman–Crippen LogP) is 4.93. The molecule has 0 heterocycles. The molecule has 0 aliphatic carbocycles. The van der Waals surface area contributed by atoms with E-state index in [4.69, 9.17) is 8.92 Å². The van der Waals surface area contributed by atoms with E-state index in [9.17, 15) is 8.42 Å². The van der Waals surface area contributed by atoms with Crippen molar-refractivity contribution < 1.29 is 17.3 Å². The minimum Gasteiger partial charge on any atom is -0.493 e. The molecule has 5 heteroatoms. The first-order chi connectivity index (χ1) is 11.7. The first-order valence-electron chi connectivity index (χ1n) is 8.50. The molecule has 2 rings (SSSR count). The molecule has 0 aliphatic rings. The van der Waals surface area contributed by atoms with E-state index in [1.54, 1.807) is 36.4 Å². The monoisotopic (exact) mass is 362 g/mol. The van der Waals surface area contributed by atoms with Crippen molar-refractivity contribution in [3.63, 3.8) is 0 Å². The second-order valence-electron chi connectivity index (χ2n) is 6.99. The van der Waals surface area contributed by atoms with Gasteiger partial charge in [0, 0.05) is 6.07 Å². The van der Waals surface area contributed by atoms with Crippen LogP contribution >= 0.6 is 0 Å². The summed E-state index contributed by atoms with van der Waals surface area (Å²) < 4.78 is 35.8. The Morgan fingerprint density at radius 3 is 2.20 bits per heavy atom. The van der Waals surface area contributed by atoms with Gasteiger partial charge in [0.1, 0.15) is 16.4 Å². The third-order valence-corrected chi connectivity index (χ3v) is 5.05. The molecule has 25 heavy (non-hydrogen) atoms. The van der Waals surface area contributed by atoms with Crippen molar-refractivity contribution in [2.45, 2.75) is 50.8 Å². The number of hydrogen-bond acceptors (Lipinski definition) is 4. The number of benzene rings is 2. The molecule has 0 aromatic heterocycles. The average molecular weight is 362 g/mol. The lowest BCUT2D eigenvalue weighted by atomic mass is 9.87. The highest BCUT2D eigenvalue weighted by Crippen LogP contribution is 2.26. The summed E-state index contributed by atoms with van der Waals surface area (Å²) in [7, 11) is -3.87. The highest BCUT2D eigenvalue weighted by Gasteiger charge is 2.19. The molecule has 0 saturated heterocycles. The van der Waals surface area contributed by atoms with E-state index in [1.165, 1.54) is 0 Å². The van der Waals surface area contributed by atoms with Gasteiger partial charge in [-0.15, -0.1) is 0 Å². The second-order valence-corrected chi connectivity index (χ2v) is 8.54. The molecule has 0 radical (unpaired) electrons. The summed E-state index contributed by atoms with van der Waals surface area (Å²) in [4.78, 5) is 0.137. The van der Waals surface area contributed by atoms with Gasteiger partial charge in [-0.2, -0.15) is 8.42 Å². The standard InChI is InChI=1S/C20H26O4S/c1-5-6-14-23-17-8-7-9-18(15-17)24-25(21,22)19-12-10-16(11-13-19)20(2,3)4/h7-13,15H,5-6,14H2,1-4H3. The van der Waals surface area contributed by atoms with E-state index in [0.29, 0.717) is 12.4 Å². The van der Waals surface area contributed by atoms with E-state index in [0.717, 1.165) is 18.4 Å². The molecule has 2 aromatic carbocycles. The Kier molecular flexibility index (Phi) is 6.11. The Hall–Kier alpha value is -2.01. The van der Waals surface area contributed by atoms with Gasteiger partial charge < -0.3 is 8.92 Å². The SMILES string of the molecule is CCCCOc1cccc(OS(=O)(=O)c2ccc(C(C)(C)C)cc2)c1. The predicted molar refractivity (Wildman–Crippen MR) is 99.8 cm³/mol. The van der Waals surface area contributed by atoms with Crippen molar-refractivity contribution in [3.05, 3.63) is 54.1 Å². The molecule has 0 N–H and O–H groups in total. The van der Waals surface area contributed by atoms with Crippen LogP contribution in [0.4, 0.5) is 0 Å². The van der Waals surface area contributed by atoms with Crippen LogP contribution in [0, 0.1) is 0 Å². The fourth-order valence-corrected chi connectivity index (χ4v) is 3.17. The molecule has 4 nitrogen and oxygen atoms in total. The first-order valence-corrected chi connectivity index (χ1v) is 9.91. The van der Waals surface area contributed by atoms with Gasteiger partial charge in [0.2, 0.25) is 0 Å². The molecule has 0 atom stereocenters. The third-order valence-electron chi connectivity index (χ3n) is 3.79. The Bertz CT molecular complexity index is 787. The molecular weight excluding hydrogens is 336 g/mol. The molecule has 2 aromatic rings. The first kappa shape index (κ1) is 19.3. The quantitative estimate of drug-likeness (QED) is 0.517. The van der Waals surface area contributed by atoms with Crippen LogP contribution in [0.25, 0.3) is 0 Å². The highest BCUT2D eigenvalue weighted by atomic mass is 32.2. The maximum absolute atomic E-state index is 12.5. The van der Waals surface area contributed by atoms with E-state index in [1.807, 2.05) is 12.1 Å². The van der Waals surface area contributed by atoms with Crippen LogP contribution in [0.2, 0.25) is 0 Å². The van der Waals surface area contributed by atoms with Gasteiger partial charge in [-0.05, 0) is 41.7 Å². The maximum atomic E-state index is 12.5. The zero-order valence-corrected chi connectivity index (χ0v) is 16.1. The Morgan fingerprint density at radius 2 is 1.60 bits per heavy atom. The number of ether oxygens (including phenoxy) is 1. The lowest BCUT2D eigenvalue weighted by molar-refractivity contribution is 0.308. The lowest BCUT2D eigenvalue weighted by Crippen LogP contribution is -2.13. The largest absolute Gasteiger partial charge is 0.493 e. The highest BCUT2D eigenvalue weighted by molar-refractivity contribution is 7.87. The summed E-state index contributed by atoms with van der Waals surface area (Å²) in [6.45, 7) is 8.92. The lowest BCUT2D eigenvalue weighted by Gasteiger charge is -2.19. The Balaban J connectivity index is 2.14. The minimum absolute atomic E-state index is 0.0344. The zero-order chi connectivity index (χ0) is 18.5. The molecule has 0 aliphatic heterocycles. The van der Waals surface area contributed by atoms with Gasteiger partial charge in [0.05, 0.1) is 6.61 Å². The van der Waals surface area contributed by atoms with Gasteiger partial charge in [-0.1, -0.05) is 52.3 Å². The topological polar surface area (TPSA) is 52.6 Å². The van der Waals surface area contributed by atoms with Crippen LogP contribution in [0.3, 0.4) is 0 Å². The average Bonchev–Trinajstić information content (AvgIpc) is 2.54. The van der Waals surface area contributed by atoms with Crippen LogP contribution in [-0.2, 0) is 15.5 Å². The van der Waals surface area contributed by atoms with E-state index < -0.39 is 10.1 Å². The van der Waals surface area contributed by atoms with Crippen LogP contribution in [0.1, 0.15) is 46.1 Å². The molecule has 0 fully saturated rings.